The van der Waals surface area contributed by atoms with Crippen molar-refractivity contribution in [2.75, 3.05) is 7.11 Å². The van der Waals surface area contributed by atoms with Crippen LogP contribution in [0.2, 0.25) is 0 Å². The van der Waals surface area contributed by atoms with E-state index in [0.29, 0.717) is 5.52 Å². The number of carbonyl (C=O) groups excluding carboxylic acids is 2. The summed E-state index contributed by atoms with van der Waals surface area (Å²) in [4.78, 5) is 27.5. The van der Waals surface area contributed by atoms with Crippen molar-refractivity contribution in [2.24, 2.45) is 17.8 Å². The van der Waals surface area contributed by atoms with Gasteiger partial charge in [-0.05, 0) is 49.3 Å². The number of benzene rings is 1. The van der Waals surface area contributed by atoms with E-state index in [2.05, 4.69) is 10.3 Å². The van der Waals surface area contributed by atoms with Crippen LogP contribution >= 0.6 is 0 Å². The maximum absolute atomic E-state index is 13.8. The molecule has 4 unspecified atom stereocenters. The summed E-state index contributed by atoms with van der Waals surface area (Å²) in [6, 6.07) is 3.41. The molecule has 7 heteroatoms. The molecule has 2 N–H and O–H groups in total. The Morgan fingerprint density at radius 2 is 2.00 bits per heavy atom. The Labute approximate surface area is 142 Å². The molecular formula is C18H18F2N2O3. The second kappa shape index (κ2) is 5.82. The predicted octanol–water partition coefficient (Wildman–Crippen LogP) is 2.76. The topological polar surface area (TPSA) is 71.2 Å². The van der Waals surface area contributed by atoms with Crippen LogP contribution < -0.4 is 5.32 Å². The molecule has 0 saturated heterocycles. The molecule has 0 spiro atoms. The Balaban J connectivity index is 1.59. The van der Waals surface area contributed by atoms with Gasteiger partial charge >= 0.3 is 5.97 Å². The van der Waals surface area contributed by atoms with Crippen LogP contribution in [0.4, 0.5) is 8.78 Å². The van der Waals surface area contributed by atoms with Crippen LogP contribution in [0, 0.1) is 29.4 Å². The fourth-order valence-corrected chi connectivity index (χ4v) is 4.47. The first-order chi connectivity index (χ1) is 12.0. The van der Waals surface area contributed by atoms with E-state index in [0.717, 1.165) is 25.3 Å². The number of rotatable bonds is 3. The van der Waals surface area contributed by atoms with E-state index in [1.165, 1.54) is 19.2 Å². The zero-order chi connectivity index (χ0) is 17.7. The number of hydrogen-bond acceptors (Lipinski definition) is 3. The molecule has 2 bridgehead atoms. The highest BCUT2D eigenvalue weighted by molar-refractivity contribution is 5.98. The number of halogens is 2. The molecule has 1 heterocycles. The molecule has 4 rings (SSSR count). The number of hydrogen-bond donors (Lipinski definition) is 2. The average Bonchev–Trinajstić information content (AvgIpc) is 3.31. The van der Waals surface area contributed by atoms with Gasteiger partial charge in [0.05, 0.1) is 13.0 Å². The number of fused-ring (bicyclic) bond motifs is 3. The Morgan fingerprint density at radius 3 is 2.76 bits per heavy atom. The molecule has 5 nitrogen and oxygen atoms in total. The van der Waals surface area contributed by atoms with Crippen molar-refractivity contribution in [1.29, 1.82) is 0 Å². The minimum atomic E-state index is -0.986. The molecule has 2 aliphatic rings. The van der Waals surface area contributed by atoms with Crippen molar-refractivity contribution in [3.8, 4) is 0 Å². The highest BCUT2D eigenvalue weighted by Crippen LogP contribution is 2.49. The molecule has 0 aliphatic heterocycles. The van der Waals surface area contributed by atoms with Crippen LogP contribution in [0.25, 0.3) is 10.9 Å². The van der Waals surface area contributed by atoms with E-state index in [-0.39, 0.29) is 40.8 Å². The van der Waals surface area contributed by atoms with Gasteiger partial charge in [0.15, 0.2) is 11.6 Å². The molecule has 2 aromatic rings. The van der Waals surface area contributed by atoms with Crippen molar-refractivity contribution in [3.05, 3.63) is 35.5 Å². The van der Waals surface area contributed by atoms with E-state index in [4.69, 9.17) is 4.74 Å². The third-order valence-corrected chi connectivity index (χ3v) is 5.62. The summed E-state index contributed by atoms with van der Waals surface area (Å²) in [6.45, 7) is 0. The second-order valence-electron chi connectivity index (χ2n) is 6.89. The third-order valence-electron chi connectivity index (χ3n) is 5.62. The monoisotopic (exact) mass is 348 g/mol. The molecule has 2 aliphatic carbocycles. The van der Waals surface area contributed by atoms with Gasteiger partial charge in [-0.2, -0.15) is 0 Å². The van der Waals surface area contributed by atoms with Crippen LogP contribution in [-0.4, -0.2) is 30.0 Å². The summed E-state index contributed by atoms with van der Waals surface area (Å²) in [5.41, 5.74) is 0.493. The Kier molecular flexibility index (Phi) is 3.74. The molecule has 0 radical (unpaired) electrons. The predicted molar refractivity (Wildman–Crippen MR) is 85.8 cm³/mol. The van der Waals surface area contributed by atoms with E-state index < -0.39 is 17.5 Å². The molecular weight excluding hydrogens is 330 g/mol. The lowest BCUT2D eigenvalue weighted by Crippen LogP contribution is -2.47. The number of ether oxygens (including phenoxy) is 1. The van der Waals surface area contributed by atoms with Crippen LogP contribution in [0.5, 0.6) is 0 Å². The van der Waals surface area contributed by atoms with Crippen LogP contribution in [0.15, 0.2) is 18.2 Å². The molecule has 25 heavy (non-hydrogen) atoms. The summed E-state index contributed by atoms with van der Waals surface area (Å²) in [5.74, 6) is -2.54. The van der Waals surface area contributed by atoms with Gasteiger partial charge in [-0.1, -0.05) is 0 Å². The lowest BCUT2D eigenvalue weighted by atomic mass is 9.84. The number of methoxy groups -OCH3 is 1. The zero-order valence-corrected chi connectivity index (χ0v) is 13.6. The van der Waals surface area contributed by atoms with E-state index >= 15 is 0 Å². The third kappa shape index (κ3) is 2.49. The summed E-state index contributed by atoms with van der Waals surface area (Å²) >= 11 is 0. The van der Waals surface area contributed by atoms with E-state index in [1.54, 1.807) is 0 Å². The summed E-state index contributed by atoms with van der Waals surface area (Å²) in [5, 5.41) is 2.93. The number of nitrogens with one attached hydrogen (secondary N) is 2. The number of amides is 1. The van der Waals surface area contributed by atoms with Gasteiger partial charge in [-0.3, -0.25) is 9.59 Å². The number of esters is 1. The number of aromatic amines is 1. The Morgan fingerprint density at radius 1 is 1.24 bits per heavy atom. The first kappa shape index (κ1) is 16.1. The molecule has 1 aromatic carbocycles. The normalized spacial score (nSPS) is 27.6. The highest BCUT2D eigenvalue weighted by atomic mass is 19.2. The van der Waals surface area contributed by atoms with Gasteiger partial charge in [0.1, 0.15) is 5.69 Å². The zero-order valence-electron chi connectivity index (χ0n) is 13.6. The fraction of sp³-hybridized carbons (Fsp3) is 0.444. The molecule has 2 saturated carbocycles. The first-order valence-corrected chi connectivity index (χ1v) is 8.35. The van der Waals surface area contributed by atoms with Crippen molar-refractivity contribution in [3.63, 3.8) is 0 Å². The molecule has 2 fully saturated rings. The smallest absolute Gasteiger partial charge is 0.311 e. The Bertz CT molecular complexity index is 863. The first-order valence-electron chi connectivity index (χ1n) is 8.35. The maximum atomic E-state index is 13.8. The van der Waals surface area contributed by atoms with Gasteiger partial charge in [0, 0.05) is 16.9 Å². The van der Waals surface area contributed by atoms with Gasteiger partial charge in [-0.15, -0.1) is 0 Å². The second-order valence-corrected chi connectivity index (χ2v) is 6.89. The quantitative estimate of drug-likeness (QED) is 0.838. The lowest BCUT2D eigenvalue weighted by Gasteiger charge is -2.29. The van der Waals surface area contributed by atoms with Crippen LogP contribution in [0.3, 0.4) is 0 Å². The van der Waals surface area contributed by atoms with Gasteiger partial charge in [-0.25, -0.2) is 8.78 Å². The van der Waals surface area contributed by atoms with Gasteiger partial charge in [0.25, 0.3) is 5.91 Å². The van der Waals surface area contributed by atoms with E-state index in [1.807, 2.05) is 0 Å². The van der Waals surface area contributed by atoms with Crippen molar-refractivity contribution in [1.82, 2.24) is 10.3 Å². The maximum Gasteiger partial charge on any atom is 0.311 e. The van der Waals surface area contributed by atoms with Crippen molar-refractivity contribution >= 4 is 22.8 Å². The lowest BCUT2D eigenvalue weighted by molar-refractivity contribution is -0.148. The van der Waals surface area contributed by atoms with Crippen LogP contribution in [0.1, 0.15) is 29.8 Å². The standard InChI is InChI=1S/C18H18F2N2O3/c1-25-18(24)14-8-2-3-9(6-8)16(14)22-17(23)13-7-10-12(21-13)5-4-11(19)15(10)20/h4-5,7-9,14,16,21H,2-3,6H2,1H3,(H,22,23). The Hall–Kier alpha value is -2.44. The minimum absolute atomic E-state index is 0.0302. The average molecular weight is 348 g/mol. The van der Waals surface area contributed by atoms with Gasteiger partial charge < -0.3 is 15.0 Å². The minimum Gasteiger partial charge on any atom is -0.469 e. The summed E-state index contributed by atoms with van der Waals surface area (Å²) in [7, 11) is 1.35. The molecule has 1 aromatic heterocycles. The SMILES string of the molecule is COC(=O)C1C2CCC(C2)C1NC(=O)c1cc2c(F)c(F)ccc2[nH]1. The van der Waals surface area contributed by atoms with E-state index in [9.17, 15) is 18.4 Å². The fourth-order valence-electron chi connectivity index (χ4n) is 4.47. The molecule has 4 atom stereocenters. The molecule has 132 valence electrons. The highest BCUT2D eigenvalue weighted by Gasteiger charge is 2.52. The molecule has 1 amide bonds. The number of H-pyrrole nitrogens is 1. The van der Waals surface area contributed by atoms with Gasteiger partial charge in [0.2, 0.25) is 0 Å². The van der Waals surface area contributed by atoms with Crippen molar-refractivity contribution in [2.45, 2.75) is 25.3 Å². The van der Waals surface area contributed by atoms with Crippen molar-refractivity contribution < 1.29 is 23.1 Å². The number of carbonyl (C=O) groups is 2. The summed E-state index contributed by atoms with van der Waals surface area (Å²) in [6.07, 6.45) is 2.83. The number of aromatic nitrogens is 1. The largest absolute Gasteiger partial charge is 0.469 e. The summed E-state index contributed by atoms with van der Waals surface area (Å²) < 4.78 is 32.0. The van der Waals surface area contributed by atoms with Crippen LogP contribution in [-0.2, 0) is 9.53 Å².